The first-order valence-corrected chi connectivity index (χ1v) is 4.68. The Labute approximate surface area is 76.9 Å². The first-order chi connectivity index (χ1) is 5.79. The SMILES string of the molecule is CC.CC.Cc1ccnc(C)c1. The molecule has 0 spiro atoms. The van der Waals surface area contributed by atoms with Crippen LogP contribution in [0.1, 0.15) is 39.0 Å². The summed E-state index contributed by atoms with van der Waals surface area (Å²) in [6.45, 7) is 12.1. The lowest BCUT2D eigenvalue weighted by atomic mass is 10.3. The number of nitrogens with zero attached hydrogens (tertiary/aromatic N) is 1. The van der Waals surface area contributed by atoms with E-state index in [4.69, 9.17) is 0 Å². The molecule has 0 aliphatic carbocycles. The van der Waals surface area contributed by atoms with Crippen molar-refractivity contribution in [3.63, 3.8) is 0 Å². The van der Waals surface area contributed by atoms with Crippen molar-refractivity contribution < 1.29 is 0 Å². The van der Waals surface area contributed by atoms with Crippen molar-refractivity contribution in [1.29, 1.82) is 0 Å². The summed E-state index contributed by atoms with van der Waals surface area (Å²) in [5.41, 5.74) is 2.36. The summed E-state index contributed by atoms with van der Waals surface area (Å²) in [6.07, 6.45) is 1.82. The molecule has 0 aromatic carbocycles. The van der Waals surface area contributed by atoms with Crippen LogP contribution in [0.15, 0.2) is 18.3 Å². The minimum Gasteiger partial charge on any atom is -0.262 e. The van der Waals surface area contributed by atoms with Gasteiger partial charge < -0.3 is 0 Å². The second-order valence-corrected chi connectivity index (χ2v) is 1.97. The molecule has 0 amide bonds. The number of aryl methyl sites for hydroxylation is 2. The highest BCUT2D eigenvalue weighted by molar-refractivity contribution is 5.12. The number of rotatable bonds is 0. The van der Waals surface area contributed by atoms with Gasteiger partial charge in [-0.15, -0.1) is 0 Å². The molecule has 0 radical (unpaired) electrons. The highest BCUT2D eigenvalue weighted by atomic mass is 14.6. The van der Waals surface area contributed by atoms with E-state index in [1.165, 1.54) is 5.56 Å². The molecule has 0 fully saturated rings. The summed E-state index contributed by atoms with van der Waals surface area (Å²) < 4.78 is 0. The summed E-state index contributed by atoms with van der Waals surface area (Å²) in [5.74, 6) is 0. The summed E-state index contributed by atoms with van der Waals surface area (Å²) in [7, 11) is 0. The molecule has 1 heterocycles. The molecule has 0 saturated heterocycles. The quantitative estimate of drug-likeness (QED) is 0.573. The predicted molar refractivity (Wildman–Crippen MR) is 56.4 cm³/mol. The molecular weight excluding hydrogens is 146 g/mol. The van der Waals surface area contributed by atoms with E-state index in [0.29, 0.717) is 0 Å². The smallest absolute Gasteiger partial charge is 0.0375 e. The third-order valence-electron chi connectivity index (χ3n) is 1.05. The van der Waals surface area contributed by atoms with Gasteiger partial charge in [-0.25, -0.2) is 0 Å². The molecule has 0 aliphatic rings. The van der Waals surface area contributed by atoms with E-state index in [9.17, 15) is 0 Å². The molecule has 0 unspecified atom stereocenters. The fourth-order valence-electron chi connectivity index (χ4n) is 0.687. The number of hydrogen-bond donors (Lipinski definition) is 0. The van der Waals surface area contributed by atoms with Crippen LogP contribution in [-0.2, 0) is 0 Å². The molecule has 0 N–H and O–H groups in total. The summed E-state index contributed by atoms with van der Waals surface area (Å²) >= 11 is 0. The first kappa shape index (κ1) is 13.7. The minimum atomic E-state index is 1.09. The second-order valence-electron chi connectivity index (χ2n) is 1.97. The molecule has 1 aromatic rings. The lowest BCUT2D eigenvalue weighted by molar-refractivity contribution is 1.18. The Bertz CT molecular complexity index is 165. The van der Waals surface area contributed by atoms with Gasteiger partial charge in [-0.1, -0.05) is 27.7 Å². The van der Waals surface area contributed by atoms with Crippen molar-refractivity contribution in [2.24, 2.45) is 0 Å². The minimum absolute atomic E-state index is 1.09. The zero-order valence-electron chi connectivity index (χ0n) is 9.18. The Kier molecular flexibility index (Phi) is 11.6. The molecule has 0 atom stereocenters. The van der Waals surface area contributed by atoms with Crippen molar-refractivity contribution in [3.05, 3.63) is 29.6 Å². The van der Waals surface area contributed by atoms with Crippen LogP contribution in [0.2, 0.25) is 0 Å². The van der Waals surface area contributed by atoms with Crippen molar-refractivity contribution in [1.82, 2.24) is 4.98 Å². The molecule has 70 valence electrons. The van der Waals surface area contributed by atoms with Crippen molar-refractivity contribution in [2.45, 2.75) is 41.5 Å². The Morgan fingerprint density at radius 1 is 1.00 bits per heavy atom. The molecule has 1 nitrogen and oxygen atoms in total. The monoisotopic (exact) mass is 167 g/mol. The van der Waals surface area contributed by atoms with Gasteiger partial charge in [0.25, 0.3) is 0 Å². The van der Waals surface area contributed by atoms with Crippen LogP contribution < -0.4 is 0 Å². The Morgan fingerprint density at radius 3 is 1.75 bits per heavy atom. The van der Waals surface area contributed by atoms with Gasteiger partial charge in [-0.2, -0.15) is 0 Å². The fraction of sp³-hybridized carbons (Fsp3) is 0.545. The van der Waals surface area contributed by atoms with Gasteiger partial charge in [0.15, 0.2) is 0 Å². The highest BCUT2D eigenvalue weighted by Gasteiger charge is 1.82. The predicted octanol–water partition coefficient (Wildman–Crippen LogP) is 3.75. The lowest BCUT2D eigenvalue weighted by Crippen LogP contribution is -1.78. The highest BCUT2D eigenvalue weighted by Crippen LogP contribution is 1.95. The van der Waals surface area contributed by atoms with Gasteiger partial charge in [0.1, 0.15) is 0 Å². The topological polar surface area (TPSA) is 12.9 Å². The van der Waals surface area contributed by atoms with E-state index in [-0.39, 0.29) is 0 Å². The summed E-state index contributed by atoms with van der Waals surface area (Å²) in [5, 5.41) is 0. The molecule has 0 bridgehead atoms. The van der Waals surface area contributed by atoms with Gasteiger partial charge >= 0.3 is 0 Å². The van der Waals surface area contributed by atoms with Crippen LogP contribution in [0, 0.1) is 13.8 Å². The molecule has 1 heteroatoms. The summed E-state index contributed by atoms with van der Waals surface area (Å²) in [6, 6.07) is 4.05. The van der Waals surface area contributed by atoms with Crippen LogP contribution in [0.4, 0.5) is 0 Å². The van der Waals surface area contributed by atoms with Crippen molar-refractivity contribution in [2.75, 3.05) is 0 Å². The van der Waals surface area contributed by atoms with Gasteiger partial charge in [-0.05, 0) is 31.5 Å². The third kappa shape index (κ3) is 7.26. The van der Waals surface area contributed by atoms with Crippen LogP contribution in [0.5, 0.6) is 0 Å². The normalized spacial score (nSPS) is 7.17. The zero-order valence-corrected chi connectivity index (χ0v) is 9.18. The van der Waals surface area contributed by atoms with E-state index in [2.05, 4.69) is 18.0 Å². The van der Waals surface area contributed by atoms with E-state index >= 15 is 0 Å². The van der Waals surface area contributed by atoms with Gasteiger partial charge in [-0.3, -0.25) is 4.98 Å². The van der Waals surface area contributed by atoms with Crippen LogP contribution in [-0.4, -0.2) is 4.98 Å². The molecule has 0 aliphatic heterocycles. The Hall–Kier alpha value is -0.850. The largest absolute Gasteiger partial charge is 0.262 e. The Morgan fingerprint density at radius 2 is 1.50 bits per heavy atom. The number of hydrogen-bond acceptors (Lipinski definition) is 1. The number of aromatic nitrogens is 1. The third-order valence-corrected chi connectivity index (χ3v) is 1.05. The maximum atomic E-state index is 4.04. The zero-order chi connectivity index (χ0) is 9.98. The molecule has 12 heavy (non-hydrogen) atoms. The maximum absolute atomic E-state index is 4.04. The fourth-order valence-corrected chi connectivity index (χ4v) is 0.687. The summed E-state index contributed by atoms with van der Waals surface area (Å²) in [4.78, 5) is 4.04. The van der Waals surface area contributed by atoms with Crippen molar-refractivity contribution >= 4 is 0 Å². The number of pyridine rings is 1. The molecule has 0 saturated carbocycles. The van der Waals surface area contributed by atoms with Crippen LogP contribution in [0.3, 0.4) is 0 Å². The van der Waals surface area contributed by atoms with Gasteiger partial charge in [0.05, 0.1) is 0 Å². The van der Waals surface area contributed by atoms with Crippen LogP contribution in [0.25, 0.3) is 0 Å². The van der Waals surface area contributed by atoms with E-state index in [1.54, 1.807) is 0 Å². The van der Waals surface area contributed by atoms with Gasteiger partial charge in [0, 0.05) is 11.9 Å². The second kappa shape index (κ2) is 10.2. The first-order valence-electron chi connectivity index (χ1n) is 4.68. The molecular formula is C11H21N. The van der Waals surface area contributed by atoms with E-state index in [0.717, 1.165) is 5.69 Å². The van der Waals surface area contributed by atoms with Crippen molar-refractivity contribution in [3.8, 4) is 0 Å². The lowest BCUT2D eigenvalue weighted by Gasteiger charge is -1.90. The van der Waals surface area contributed by atoms with Gasteiger partial charge in [0.2, 0.25) is 0 Å². The average Bonchev–Trinajstić information content (AvgIpc) is 2.11. The average molecular weight is 167 g/mol. The molecule has 1 rings (SSSR count). The molecule has 1 aromatic heterocycles. The van der Waals surface area contributed by atoms with E-state index in [1.807, 2.05) is 46.9 Å². The standard InChI is InChI=1S/C7H9N.2C2H6/c1-6-3-4-8-7(2)5-6;2*1-2/h3-5H,1-2H3;2*1-2H3. The van der Waals surface area contributed by atoms with Crippen LogP contribution >= 0.6 is 0 Å². The van der Waals surface area contributed by atoms with E-state index < -0.39 is 0 Å². The maximum Gasteiger partial charge on any atom is 0.0375 e. The Balaban J connectivity index is 0.